The van der Waals surface area contributed by atoms with Gasteiger partial charge in [0.2, 0.25) is 0 Å². The molecule has 1 aliphatic rings. The second kappa shape index (κ2) is 6.39. The van der Waals surface area contributed by atoms with E-state index < -0.39 is 0 Å². The van der Waals surface area contributed by atoms with Crippen molar-refractivity contribution in [1.29, 1.82) is 0 Å². The number of rotatable bonds is 3. The zero-order valence-electron chi connectivity index (χ0n) is 12.0. The molecular weight excluding hydrogens is 262 g/mol. The number of benzene rings is 1. The van der Waals surface area contributed by atoms with Gasteiger partial charge in [0.25, 0.3) is 5.91 Å². The van der Waals surface area contributed by atoms with Crippen molar-refractivity contribution in [3.05, 3.63) is 54.4 Å². The van der Waals surface area contributed by atoms with E-state index in [0.717, 1.165) is 24.5 Å². The summed E-state index contributed by atoms with van der Waals surface area (Å²) in [5.41, 5.74) is 2.61. The van der Waals surface area contributed by atoms with Crippen LogP contribution in [0.15, 0.2) is 48.8 Å². The summed E-state index contributed by atoms with van der Waals surface area (Å²) in [6.07, 6.45) is 6.98. The van der Waals surface area contributed by atoms with Crippen LogP contribution in [0.2, 0.25) is 0 Å². The maximum absolute atomic E-state index is 12.3. The highest BCUT2D eigenvalue weighted by atomic mass is 16.1. The molecule has 1 aliphatic heterocycles. The van der Waals surface area contributed by atoms with E-state index in [1.807, 2.05) is 18.2 Å². The van der Waals surface area contributed by atoms with Gasteiger partial charge in [-0.05, 0) is 43.5 Å². The highest BCUT2D eigenvalue weighted by Crippen LogP contribution is 2.28. The minimum Gasteiger partial charge on any atom is -0.370 e. The Kier molecular flexibility index (Phi) is 4.15. The molecule has 0 atom stereocenters. The number of para-hydroxylation sites is 2. The van der Waals surface area contributed by atoms with E-state index in [0.29, 0.717) is 5.56 Å². The molecule has 2 aromatic rings. The van der Waals surface area contributed by atoms with Gasteiger partial charge in [-0.15, -0.1) is 0 Å². The van der Waals surface area contributed by atoms with Crippen molar-refractivity contribution < 1.29 is 4.79 Å². The Morgan fingerprint density at radius 2 is 1.71 bits per heavy atom. The molecule has 2 heterocycles. The first-order chi connectivity index (χ1) is 10.3. The number of pyridine rings is 1. The Hall–Kier alpha value is -2.36. The molecule has 0 bridgehead atoms. The summed E-state index contributed by atoms with van der Waals surface area (Å²) in [6, 6.07) is 11.5. The molecule has 0 saturated carbocycles. The van der Waals surface area contributed by atoms with E-state index in [1.165, 1.54) is 19.3 Å². The fraction of sp³-hybridized carbons (Fsp3) is 0.294. The second-order valence-electron chi connectivity index (χ2n) is 5.25. The van der Waals surface area contributed by atoms with Crippen molar-refractivity contribution in [2.45, 2.75) is 19.3 Å². The number of anilines is 2. The third kappa shape index (κ3) is 3.21. The third-order valence-electron chi connectivity index (χ3n) is 3.79. The molecule has 1 aromatic heterocycles. The number of piperidine rings is 1. The Morgan fingerprint density at radius 1 is 1.00 bits per heavy atom. The van der Waals surface area contributed by atoms with Gasteiger partial charge in [-0.25, -0.2) is 0 Å². The highest BCUT2D eigenvalue weighted by Gasteiger charge is 2.15. The number of carbonyl (C=O) groups excluding carboxylic acids is 1. The topological polar surface area (TPSA) is 45.2 Å². The largest absolute Gasteiger partial charge is 0.370 e. The molecule has 1 aromatic carbocycles. The van der Waals surface area contributed by atoms with Crippen LogP contribution >= 0.6 is 0 Å². The number of nitrogens with one attached hydrogen (secondary N) is 1. The monoisotopic (exact) mass is 281 g/mol. The Balaban J connectivity index is 1.80. The van der Waals surface area contributed by atoms with Crippen molar-refractivity contribution in [2.75, 3.05) is 23.3 Å². The maximum atomic E-state index is 12.3. The van der Waals surface area contributed by atoms with Gasteiger partial charge in [-0.3, -0.25) is 9.78 Å². The Labute approximate surface area is 124 Å². The van der Waals surface area contributed by atoms with E-state index in [9.17, 15) is 4.79 Å². The average Bonchev–Trinajstić information content (AvgIpc) is 2.57. The lowest BCUT2D eigenvalue weighted by molar-refractivity contribution is 0.102. The average molecular weight is 281 g/mol. The van der Waals surface area contributed by atoms with Gasteiger partial charge in [0.15, 0.2) is 0 Å². The number of nitrogens with zero attached hydrogens (tertiary/aromatic N) is 2. The Bertz CT molecular complexity index is 606. The summed E-state index contributed by atoms with van der Waals surface area (Å²) >= 11 is 0. The van der Waals surface area contributed by atoms with Gasteiger partial charge in [0.05, 0.1) is 11.4 Å². The van der Waals surface area contributed by atoms with E-state index in [4.69, 9.17) is 0 Å². The lowest BCUT2D eigenvalue weighted by Gasteiger charge is -2.30. The number of hydrogen-bond donors (Lipinski definition) is 1. The molecule has 1 N–H and O–H groups in total. The van der Waals surface area contributed by atoms with Crippen molar-refractivity contribution in [1.82, 2.24) is 4.98 Å². The fourth-order valence-electron chi connectivity index (χ4n) is 2.69. The van der Waals surface area contributed by atoms with Crippen LogP contribution in [-0.2, 0) is 0 Å². The van der Waals surface area contributed by atoms with Gasteiger partial charge in [-0.2, -0.15) is 0 Å². The molecule has 108 valence electrons. The first kappa shape index (κ1) is 13.6. The molecule has 4 nitrogen and oxygen atoms in total. The van der Waals surface area contributed by atoms with E-state index in [2.05, 4.69) is 21.3 Å². The van der Waals surface area contributed by atoms with Gasteiger partial charge < -0.3 is 10.2 Å². The van der Waals surface area contributed by atoms with Crippen molar-refractivity contribution in [3.8, 4) is 0 Å². The molecule has 21 heavy (non-hydrogen) atoms. The van der Waals surface area contributed by atoms with Crippen molar-refractivity contribution in [2.24, 2.45) is 0 Å². The first-order valence-corrected chi connectivity index (χ1v) is 7.40. The summed E-state index contributed by atoms with van der Waals surface area (Å²) in [5, 5.41) is 3.02. The smallest absolute Gasteiger partial charge is 0.255 e. The van der Waals surface area contributed by atoms with Crippen LogP contribution in [-0.4, -0.2) is 24.0 Å². The standard InChI is InChI=1S/C17H19N3O/c21-17(14-8-10-18-11-9-14)19-15-6-2-3-7-16(15)20-12-4-1-5-13-20/h2-3,6-11H,1,4-5,12-13H2,(H,19,21). The van der Waals surface area contributed by atoms with Crippen molar-refractivity contribution in [3.63, 3.8) is 0 Å². The molecule has 0 radical (unpaired) electrons. The van der Waals surface area contributed by atoms with Crippen LogP contribution in [0.3, 0.4) is 0 Å². The van der Waals surface area contributed by atoms with Crippen LogP contribution in [0.5, 0.6) is 0 Å². The molecule has 3 rings (SSSR count). The summed E-state index contributed by atoms with van der Waals surface area (Å²) in [7, 11) is 0. The number of carbonyl (C=O) groups is 1. The maximum Gasteiger partial charge on any atom is 0.255 e. The van der Waals surface area contributed by atoms with Crippen LogP contribution in [0.25, 0.3) is 0 Å². The first-order valence-electron chi connectivity index (χ1n) is 7.40. The molecule has 0 aliphatic carbocycles. The Morgan fingerprint density at radius 3 is 2.48 bits per heavy atom. The number of aromatic nitrogens is 1. The van der Waals surface area contributed by atoms with Gasteiger partial charge >= 0.3 is 0 Å². The molecule has 1 saturated heterocycles. The predicted octanol–water partition coefficient (Wildman–Crippen LogP) is 3.32. The minimum atomic E-state index is -0.0955. The number of amides is 1. The van der Waals surface area contributed by atoms with E-state index in [-0.39, 0.29) is 5.91 Å². The van der Waals surface area contributed by atoms with Gasteiger partial charge in [0, 0.05) is 31.0 Å². The van der Waals surface area contributed by atoms with Crippen LogP contribution in [0.1, 0.15) is 29.6 Å². The molecule has 4 heteroatoms. The molecule has 1 fully saturated rings. The second-order valence-corrected chi connectivity index (χ2v) is 5.25. The van der Waals surface area contributed by atoms with E-state index >= 15 is 0 Å². The molecule has 1 amide bonds. The summed E-state index contributed by atoms with van der Waals surface area (Å²) < 4.78 is 0. The minimum absolute atomic E-state index is 0.0955. The third-order valence-corrected chi connectivity index (χ3v) is 3.79. The molecular formula is C17H19N3O. The van der Waals surface area contributed by atoms with Crippen molar-refractivity contribution >= 4 is 17.3 Å². The fourth-order valence-corrected chi connectivity index (χ4v) is 2.69. The predicted molar refractivity (Wildman–Crippen MR) is 84.7 cm³/mol. The summed E-state index contributed by atoms with van der Waals surface area (Å²) in [5.74, 6) is -0.0955. The molecule has 0 unspecified atom stereocenters. The summed E-state index contributed by atoms with van der Waals surface area (Å²) in [6.45, 7) is 2.12. The summed E-state index contributed by atoms with van der Waals surface area (Å²) in [4.78, 5) is 18.6. The number of hydrogen-bond acceptors (Lipinski definition) is 3. The normalized spacial score (nSPS) is 14.8. The SMILES string of the molecule is O=C(Nc1ccccc1N1CCCCC1)c1ccncc1. The lowest BCUT2D eigenvalue weighted by atomic mass is 10.1. The molecule has 0 spiro atoms. The van der Waals surface area contributed by atoms with Crippen LogP contribution < -0.4 is 10.2 Å². The quantitative estimate of drug-likeness (QED) is 0.938. The van der Waals surface area contributed by atoms with E-state index in [1.54, 1.807) is 24.5 Å². The zero-order chi connectivity index (χ0) is 14.5. The van der Waals surface area contributed by atoms with Gasteiger partial charge in [-0.1, -0.05) is 12.1 Å². The highest BCUT2D eigenvalue weighted by molar-refractivity contribution is 6.05. The van der Waals surface area contributed by atoms with Gasteiger partial charge in [0.1, 0.15) is 0 Å². The van der Waals surface area contributed by atoms with Crippen LogP contribution in [0, 0.1) is 0 Å². The lowest BCUT2D eigenvalue weighted by Crippen LogP contribution is -2.30. The zero-order valence-corrected chi connectivity index (χ0v) is 12.0. The van der Waals surface area contributed by atoms with Crippen LogP contribution in [0.4, 0.5) is 11.4 Å².